The summed E-state index contributed by atoms with van der Waals surface area (Å²) in [5, 5.41) is 0. The van der Waals surface area contributed by atoms with Crippen LogP contribution in [-0.2, 0) is 13.1 Å². The van der Waals surface area contributed by atoms with Gasteiger partial charge >= 0.3 is 0 Å². The fourth-order valence-corrected chi connectivity index (χ4v) is 5.56. The molecule has 38 heavy (non-hydrogen) atoms. The lowest BCUT2D eigenvalue weighted by Gasteiger charge is -2.22. The van der Waals surface area contributed by atoms with Gasteiger partial charge in [-0.25, -0.2) is 26.3 Å². The highest BCUT2D eigenvalue weighted by Crippen LogP contribution is 2.49. The number of ether oxygens (including phenoxy) is 2. The summed E-state index contributed by atoms with van der Waals surface area (Å²) in [5.74, 6) is -5.85. The largest absolute Gasteiger partial charge is 0.457 e. The molecule has 0 aromatic heterocycles. The Hall–Kier alpha value is -3.72. The molecule has 2 aliphatic heterocycles. The van der Waals surface area contributed by atoms with Gasteiger partial charge in [0.05, 0.1) is 6.54 Å². The summed E-state index contributed by atoms with van der Waals surface area (Å²) >= 11 is 0. The van der Waals surface area contributed by atoms with E-state index >= 15 is 0 Å². The van der Waals surface area contributed by atoms with Gasteiger partial charge in [0.2, 0.25) is 6.79 Å². The van der Waals surface area contributed by atoms with Crippen LogP contribution < -0.4 is 14.4 Å². The van der Waals surface area contributed by atoms with Crippen molar-refractivity contribution in [3.63, 3.8) is 0 Å². The molecule has 0 radical (unpaired) electrons. The molecule has 3 aromatic carbocycles. The summed E-state index contributed by atoms with van der Waals surface area (Å²) in [4.78, 5) is 1.04. The zero-order valence-corrected chi connectivity index (χ0v) is 20.2. The first-order chi connectivity index (χ1) is 18.3. The molecule has 1 N–H and O–H groups in total. The monoisotopic (exact) mass is 530 g/mol. The molecule has 2 unspecified atom stereocenters. The van der Waals surface area contributed by atoms with Crippen LogP contribution >= 0.6 is 0 Å². The zero-order chi connectivity index (χ0) is 26.7. The Labute approximate surface area is 214 Å². The number of hydrogen-bond donors (Lipinski definition) is 1. The van der Waals surface area contributed by atoms with Crippen LogP contribution in [0, 0.1) is 17.5 Å². The molecule has 3 nitrogen and oxygen atoms in total. The van der Waals surface area contributed by atoms with Crippen molar-refractivity contribution in [2.75, 3.05) is 13.3 Å². The Morgan fingerprint density at radius 1 is 0.842 bits per heavy atom. The third-order valence-electron chi connectivity index (χ3n) is 7.43. The number of quaternary nitrogens is 1. The van der Waals surface area contributed by atoms with Crippen LogP contribution in [0.3, 0.4) is 0 Å². The van der Waals surface area contributed by atoms with Crippen LogP contribution in [0.5, 0.6) is 11.5 Å². The summed E-state index contributed by atoms with van der Waals surface area (Å²) < 4.78 is 96.4. The van der Waals surface area contributed by atoms with Gasteiger partial charge in [0.25, 0.3) is 0 Å². The van der Waals surface area contributed by atoms with E-state index in [2.05, 4.69) is 0 Å². The number of benzene rings is 3. The Kier molecular flexibility index (Phi) is 5.98. The van der Waals surface area contributed by atoms with E-state index < -0.39 is 35.3 Å². The van der Waals surface area contributed by atoms with E-state index in [-0.39, 0.29) is 18.8 Å². The number of alkyl halides is 1. The van der Waals surface area contributed by atoms with E-state index in [4.69, 9.17) is 9.47 Å². The molecule has 2 heterocycles. The number of rotatable bonds is 3. The van der Waals surface area contributed by atoms with Gasteiger partial charge in [-0.2, -0.15) is 0 Å². The van der Waals surface area contributed by atoms with Crippen LogP contribution in [-0.4, -0.2) is 19.5 Å². The molecule has 6 rings (SSSR count). The van der Waals surface area contributed by atoms with E-state index in [1.807, 2.05) is 6.92 Å². The highest BCUT2D eigenvalue weighted by Gasteiger charge is 2.35. The van der Waals surface area contributed by atoms with Crippen LogP contribution in [0.2, 0.25) is 0 Å². The highest BCUT2D eigenvalue weighted by molar-refractivity contribution is 5.90. The molecule has 0 saturated carbocycles. The van der Waals surface area contributed by atoms with Gasteiger partial charge in [-0.05, 0) is 59.5 Å². The van der Waals surface area contributed by atoms with Crippen molar-refractivity contribution in [1.29, 1.82) is 0 Å². The summed E-state index contributed by atoms with van der Waals surface area (Å²) in [6.07, 6.45) is -1.38. The number of hydrogen-bond acceptors (Lipinski definition) is 2. The minimum absolute atomic E-state index is 0.0977. The quantitative estimate of drug-likeness (QED) is 0.315. The first kappa shape index (κ1) is 24.6. The Morgan fingerprint density at radius 2 is 1.42 bits per heavy atom. The fraction of sp³-hybridized carbons (Fsp3) is 0.241. The van der Waals surface area contributed by atoms with Crippen molar-refractivity contribution < 1.29 is 40.7 Å². The SMILES string of the molecule is CC[NH+]1Cc2c(C3=CC(F)=C(F)C(F)C3)ccc3c2-c2c(ccc(-c4cc(F)c(F)c(F)c4)c2C1)OCO3. The molecule has 0 fully saturated rings. The Morgan fingerprint density at radius 3 is 2.00 bits per heavy atom. The predicted molar refractivity (Wildman–Crippen MR) is 129 cm³/mol. The maximum atomic E-state index is 14.4. The van der Waals surface area contributed by atoms with Gasteiger partial charge in [0.1, 0.15) is 24.6 Å². The zero-order valence-electron chi connectivity index (χ0n) is 20.2. The van der Waals surface area contributed by atoms with Gasteiger partial charge in [-0.15, -0.1) is 0 Å². The maximum Gasteiger partial charge on any atom is 0.230 e. The summed E-state index contributed by atoms with van der Waals surface area (Å²) in [6, 6.07) is 8.63. The molecule has 1 aliphatic carbocycles. The van der Waals surface area contributed by atoms with E-state index in [9.17, 15) is 26.3 Å². The van der Waals surface area contributed by atoms with Crippen LogP contribution in [0.1, 0.15) is 30.0 Å². The van der Waals surface area contributed by atoms with E-state index in [0.717, 1.165) is 28.7 Å². The lowest BCUT2D eigenvalue weighted by atomic mass is 9.85. The molecule has 196 valence electrons. The topological polar surface area (TPSA) is 22.9 Å². The molecular formula is C29H22F6NO2+. The lowest BCUT2D eigenvalue weighted by molar-refractivity contribution is -0.925. The van der Waals surface area contributed by atoms with Crippen molar-refractivity contribution in [2.45, 2.75) is 32.6 Å². The van der Waals surface area contributed by atoms with Crippen LogP contribution in [0.4, 0.5) is 26.3 Å². The number of halogens is 6. The minimum Gasteiger partial charge on any atom is -0.457 e. The third kappa shape index (κ3) is 3.88. The predicted octanol–water partition coefficient (Wildman–Crippen LogP) is 6.36. The summed E-state index contributed by atoms with van der Waals surface area (Å²) in [6.45, 7) is 3.37. The van der Waals surface area contributed by atoms with Gasteiger partial charge in [-0.1, -0.05) is 12.1 Å². The van der Waals surface area contributed by atoms with Gasteiger partial charge in [0.15, 0.2) is 35.3 Å². The molecule has 9 heteroatoms. The third-order valence-corrected chi connectivity index (χ3v) is 7.43. The molecule has 0 amide bonds. The molecular weight excluding hydrogens is 508 g/mol. The van der Waals surface area contributed by atoms with E-state index in [0.29, 0.717) is 64.5 Å². The van der Waals surface area contributed by atoms with Crippen molar-refractivity contribution in [1.82, 2.24) is 0 Å². The smallest absolute Gasteiger partial charge is 0.230 e. The summed E-state index contributed by atoms with van der Waals surface area (Å²) in [5.41, 5.74) is 4.28. The van der Waals surface area contributed by atoms with Gasteiger partial charge in [-0.3, -0.25) is 0 Å². The van der Waals surface area contributed by atoms with E-state index in [1.54, 1.807) is 24.3 Å². The second-order valence-electron chi connectivity index (χ2n) is 9.58. The second-order valence-corrected chi connectivity index (χ2v) is 9.58. The van der Waals surface area contributed by atoms with Crippen molar-refractivity contribution in [2.24, 2.45) is 0 Å². The number of allylic oxidation sites excluding steroid dienone is 4. The molecule has 3 aliphatic rings. The fourth-order valence-electron chi connectivity index (χ4n) is 5.56. The molecule has 0 saturated heterocycles. The highest BCUT2D eigenvalue weighted by atomic mass is 19.2. The van der Waals surface area contributed by atoms with Crippen molar-refractivity contribution >= 4 is 5.57 Å². The second kappa shape index (κ2) is 9.23. The van der Waals surface area contributed by atoms with Gasteiger partial charge in [0, 0.05) is 28.7 Å². The number of nitrogens with one attached hydrogen (secondary N) is 1. The molecule has 0 bridgehead atoms. The van der Waals surface area contributed by atoms with Gasteiger partial charge < -0.3 is 14.4 Å². The average Bonchev–Trinajstić information content (AvgIpc) is 3.20. The standard InChI is InChI=1S/C29H21F6NO2/c1-2-36-11-18-16(14-7-20(30)28(34)21(31)8-14)3-5-24-26(18)27-19(12-36)17(4-6-25(27)38-13-37-24)15-9-22(32)29(35)23(33)10-15/h3-9,23H,2,10-13H2,1H3/p+1. The van der Waals surface area contributed by atoms with Crippen molar-refractivity contribution in [3.05, 3.63) is 88.3 Å². The molecule has 2 atom stereocenters. The molecule has 0 spiro atoms. The average molecular weight is 530 g/mol. The Balaban J connectivity index is 1.65. The first-order valence-corrected chi connectivity index (χ1v) is 12.2. The maximum absolute atomic E-state index is 14.4. The lowest BCUT2D eigenvalue weighted by Crippen LogP contribution is -3.08. The van der Waals surface area contributed by atoms with Crippen LogP contribution in [0.25, 0.3) is 27.8 Å². The van der Waals surface area contributed by atoms with E-state index in [1.165, 1.54) is 0 Å². The first-order valence-electron chi connectivity index (χ1n) is 12.2. The molecule has 3 aromatic rings. The van der Waals surface area contributed by atoms with Crippen LogP contribution in [0.15, 0.2) is 54.1 Å². The minimum atomic E-state index is -2.08. The summed E-state index contributed by atoms with van der Waals surface area (Å²) in [7, 11) is 0. The van der Waals surface area contributed by atoms with Crippen molar-refractivity contribution in [3.8, 4) is 33.8 Å². The normalized spacial score (nSPS) is 20.1. The Bertz CT molecular complexity index is 1520.